The smallest absolute Gasteiger partial charge is 0.224 e. The second kappa shape index (κ2) is 10.2. The Hall–Kier alpha value is -2.77. The summed E-state index contributed by atoms with van der Waals surface area (Å²) >= 11 is 1.69. The predicted molar refractivity (Wildman–Crippen MR) is 125 cm³/mol. The number of piperazine rings is 1. The summed E-state index contributed by atoms with van der Waals surface area (Å²) < 4.78 is 26.4. The molecule has 3 aromatic rings. The third-order valence-electron chi connectivity index (χ3n) is 5.87. The number of rotatable bonds is 7. The van der Waals surface area contributed by atoms with E-state index in [9.17, 15) is 13.6 Å². The maximum atomic E-state index is 13.3. The van der Waals surface area contributed by atoms with Gasteiger partial charge in [-0.2, -0.15) is 0 Å². The number of amides is 1. The number of carbonyl (C=O) groups excluding carboxylic acids is 1. The van der Waals surface area contributed by atoms with E-state index in [1.165, 1.54) is 29.1 Å². The summed E-state index contributed by atoms with van der Waals surface area (Å²) in [4.78, 5) is 18.6. The van der Waals surface area contributed by atoms with Crippen LogP contribution in [0.4, 0.5) is 14.5 Å². The molecule has 2 atom stereocenters. The molecule has 1 saturated heterocycles. The van der Waals surface area contributed by atoms with Crippen LogP contribution in [-0.4, -0.2) is 43.0 Å². The number of nitrogens with one attached hydrogen (secondary N) is 1. The standard InChI is InChI=1S/C25H27F2N3OS/c1-18(28-24(31)17-19-4-6-20(26)7-5-19)25(23-3-2-16-32-23)30-14-12-29(13-15-30)22-10-8-21(27)9-11-22/h2-11,16,18,25H,12-15,17H2,1H3,(H,28,31)/t18-,25+/m0/s1. The highest BCUT2D eigenvalue weighted by atomic mass is 32.1. The van der Waals surface area contributed by atoms with Crippen LogP contribution in [0.5, 0.6) is 0 Å². The first kappa shape index (κ1) is 22.4. The van der Waals surface area contributed by atoms with Crippen molar-refractivity contribution in [1.82, 2.24) is 10.2 Å². The highest BCUT2D eigenvalue weighted by Crippen LogP contribution is 2.30. The van der Waals surface area contributed by atoms with E-state index < -0.39 is 0 Å². The van der Waals surface area contributed by atoms with Crippen molar-refractivity contribution in [2.75, 3.05) is 31.1 Å². The van der Waals surface area contributed by atoms with Crippen LogP contribution < -0.4 is 10.2 Å². The molecule has 0 aliphatic carbocycles. The second-order valence-corrected chi connectivity index (χ2v) is 9.10. The molecule has 7 heteroatoms. The van der Waals surface area contributed by atoms with E-state index in [0.29, 0.717) is 0 Å². The zero-order valence-corrected chi connectivity index (χ0v) is 18.8. The molecule has 2 heterocycles. The van der Waals surface area contributed by atoms with Gasteiger partial charge in [-0.3, -0.25) is 9.69 Å². The van der Waals surface area contributed by atoms with Crippen molar-refractivity contribution in [3.05, 3.63) is 88.1 Å². The molecule has 1 amide bonds. The summed E-state index contributed by atoms with van der Waals surface area (Å²) in [6.07, 6.45) is 0.222. The highest BCUT2D eigenvalue weighted by molar-refractivity contribution is 7.10. The van der Waals surface area contributed by atoms with E-state index in [4.69, 9.17) is 0 Å². The fourth-order valence-corrected chi connectivity index (χ4v) is 5.25. The fourth-order valence-electron chi connectivity index (χ4n) is 4.28. The Labute approximate surface area is 191 Å². The minimum atomic E-state index is -0.305. The number of thiophene rings is 1. The van der Waals surface area contributed by atoms with Crippen molar-refractivity contribution in [3.8, 4) is 0 Å². The normalized spacial score (nSPS) is 16.5. The van der Waals surface area contributed by atoms with Gasteiger partial charge in [-0.1, -0.05) is 18.2 Å². The minimum absolute atomic E-state index is 0.0718. The summed E-state index contributed by atoms with van der Waals surface area (Å²) in [5.41, 5.74) is 1.82. The Morgan fingerprint density at radius 2 is 1.59 bits per heavy atom. The minimum Gasteiger partial charge on any atom is -0.369 e. The number of carbonyl (C=O) groups is 1. The topological polar surface area (TPSA) is 35.6 Å². The molecule has 1 aliphatic rings. The van der Waals surface area contributed by atoms with Crippen molar-refractivity contribution in [3.63, 3.8) is 0 Å². The van der Waals surface area contributed by atoms with Crippen LogP contribution in [0.3, 0.4) is 0 Å². The highest BCUT2D eigenvalue weighted by Gasteiger charge is 2.31. The van der Waals surface area contributed by atoms with Gasteiger partial charge in [0, 0.05) is 42.8 Å². The Morgan fingerprint density at radius 3 is 2.19 bits per heavy atom. The SMILES string of the molecule is C[C@H](NC(=O)Cc1ccc(F)cc1)[C@H](c1cccs1)N1CCN(c2ccc(F)cc2)CC1. The van der Waals surface area contributed by atoms with E-state index in [1.807, 2.05) is 25.1 Å². The zero-order valence-electron chi connectivity index (χ0n) is 18.0. The molecule has 4 rings (SSSR count). The molecule has 0 bridgehead atoms. The summed E-state index contributed by atoms with van der Waals surface area (Å²) in [5, 5.41) is 5.21. The van der Waals surface area contributed by atoms with Crippen molar-refractivity contribution in [2.24, 2.45) is 0 Å². The van der Waals surface area contributed by atoms with Gasteiger partial charge in [0.2, 0.25) is 5.91 Å². The largest absolute Gasteiger partial charge is 0.369 e. The predicted octanol–water partition coefficient (Wildman–Crippen LogP) is 4.64. The second-order valence-electron chi connectivity index (χ2n) is 8.12. The molecular formula is C25H27F2N3OS. The summed E-state index contributed by atoms with van der Waals surface area (Å²) in [5.74, 6) is -0.606. The first-order chi connectivity index (χ1) is 15.5. The molecule has 1 aliphatic heterocycles. The number of anilines is 1. The van der Waals surface area contributed by atoms with E-state index >= 15 is 0 Å². The van der Waals surface area contributed by atoms with Crippen LogP contribution in [0.1, 0.15) is 23.4 Å². The van der Waals surface area contributed by atoms with Crippen molar-refractivity contribution in [2.45, 2.75) is 25.4 Å². The zero-order chi connectivity index (χ0) is 22.5. The molecule has 1 N–H and O–H groups in total. The van der Waals surface area contributed by atoms with E-state index in [1.54, 1.807) is 23.5 Å². The van der Waals surface area contributed by atoms with Crippen LogP contribution in [0.15, 0.2) is 66.0 Å². The molecule has 32 heavy (non-hydrogen) atoms. The third kappa shape index (κ3) is 5.53. The van der Waals surface area contributed by atoms with Gasteiger partial charge in [-0.05, 0) is 60.3 Å². The number of halogens is 2. The van der Waals surface area contributed by atoms with Crippen molar-refractivity contribution >= 4 is 22.9 Å². The molecule has 0 saturated carbocycles. The number of nitrogens with zero attached hydrogens (tertiary/aromatic N) is 2. The lowest BCUT2D eigenvalue weighted by molar-refractivity contribution is -0.121. The summed E-state index contributed by atoms with van der Waals surface area (Å²) in [7, 11) is 0. The molecule has 0 spiro atoms. The van der Waals surface area contributed by atoms with Gasteiger partial charge >= 0.3 is 0 Å². The summed E-state index contributed by atoms with van der Waals surface area (Å²) in [6, 6.07) is 16.8. The van der Waals surface area contributed by atoms with Gasteiger partial charge in [0.1, 0.15) is 11.6 Å². The van der Waals surface area contributed by atoms with Gasteiger partial charge in [0.05, 0.1) is 12.5 Å². The number of benzene rings is 2. The Balaban J connectivity index is 1.40. The fraction of sp³-hybridized carbons (Fsp3) is 0.320. The average molecular weight is 456 g/mol. The molecule has 1 aromatic heterocycles. The van der Waals surface area contributed by atoms with Gasteiger partial charge in [0.15, 0.2) is 0 Å². The Bertz CT molecular complexity index is 1000. The lowest BCUT2D eigenvalue weighted by atomic mass is 10.0. The maximum Gasteiger partial charge on any atom is 0.224 e. The maximum absolute atomic E-state index is 13.3. The van der Waals surface area contributed by atoms with E-state index in [-0.39, 0.29) is 36.0 Å². The summed E-state index contributed by atoms with van der Waals surface area (Å²) in [6.45, 7) is 5.41. The van der Waals surface area contributed by atoms with Crippen LogP contribution in [0.2, 0.25) is 0 Å². The van der Waals surface area contributed by atoms with Gasteiger partial charge in [-0.25, -0.2) is 8.78 Å². The number of hydrogen-bond acceptors (Lipinski definition) is 4. The molecular weight excluding hydrogens is 428 g/mol. The quantitative estimate of drug-likeness (QED) is 0.564. The first-order valence-electron chi connectivity index (χ1n) is 10.8. The van der Waals surface area contributed by atoms with Crippen LogP contribution in [-0.2, 0) is 11.2 Å². The molecule has 4 nitrogen and oxygen atoms in total. The lowest BCUT2D eigenvalue weighted by Crippen LogP contribution is -2.52. The van der Waals surface area contributed by atoms with E-state index in [0.717, 1.165) is 37.4 Å². The van der Waals surface area contributed by atoms with Crippen LogP contribution >= 0.6 is 11.3 Å². The Kier molecular flexibility index (Phi) is 7.17. The average Bonchev–Trinajstić information content (AvgIpc) is 3.31. The third-order valence-corrected chi connectivity index (χ3v) is 6.82. The van der Waals surface area contributed by atoms with Crippen LogP contribution in [0.25, 0.3) is 0 Å². The monoisotopic (exact) mass is 455 g/mol. The molecule has 1 fully saturated rings. The van der Waals surface area contributed by atoms with Gasteiger partial charge in [0.25, 0.3) is 0 Å². The van der Waals surface area contributed by atoms with Crippen LogP contribution in [0, 0.1) is 11.6 Å². The van der Waals surface area contributed by atoms with E-state index in [2.05, 4.69) is 26.6 Å². The van der Waals surface area contributed by atoms with Crippen molar-refractivity contribution in [1.29, 1.82) is 0 Å². The lowest BCUT2D eigenvalue weighted by Gasteiger charge is -2.42. The van der Waals surface area contributed by atoms with Crippen molar-refractivity contribution < 1.29 is 13.6 Å². The Morgan fingerprint density at radius 1 is 0.969 bits per heavy atom. The molecule has 0 radical (unpaired) electrons. The van der Waals surface area contributed by atoms with Gasteiger partial charge < -0.3 is 10.2 Å². The first-order valence-corrected chi connectivity index (χ1v) is 11.7. The molecule has 0 unspecified atom stereocenters. The number of hydrogen-bond donors (Lipinski definition) is 1. The molecule has 168 valence electrons. The molecule has 2 aromatic carbocycles. The van der Waals surface area contributed by atoms with Gasteiger partial charge in [-0.15, -0.1) is 11.3 Å².